The van der Waals surface area contributed by atoms with E-state index in [2.05, 4.69) is 40.2 Å². The standard InChI is InChI=1S/C13H18BrN3O/c1-4-11-9(6-7-18-11)12(15-3)13-10(14)8-16-17(13)5-2/h6-8,12,15H,4-5H2,1-3H3. The number of nitrogens with zero attached hydrogens (tertiary/aromatic N) is 2. The molecule has 2 aromatic heterocycles. The van der Waals surface area contributed by atoms with Gasteiger partial charge < -0.3 is 9.73 Å². The molecule has 1 atom stereocenters. The first-order valence-corrected chi connectivity index (χ1v) is 6.96. The van der Waals surface area contributed by atoms with Crippen molar-refractivity contribution >= 4 is 15.9 Å². The molecule has 0 aliphatic heterocycles. The molecule has 2 rings (SSSR count). The molecule has 0 bridgehead atoms. The van der Waals surface area contributed by atoms with Crippen molar-refractivity contribution < 1.29 is 4.42 Å². The highest BCUT2D eigenvalue weighted by atomic mass is 79.9. The summed E-state index contributed by atoms with van der Waals surface area (Å²) < 4.78 is 8.54. The lowest BCUT2D eigenvalue weighted by Gasteiger charge is -2.18. The van der Waals surface area contributed by atoms with Crippen LogP contribution >= 0.6 is 15.9 Å². The Morgan fingerprint density at radius 2 is 2.28 bits per heavy atom. The summed E-state index contributed by atoms with van der Waals surface area (Å²) in [6, 6.07) is 2.12. The number of hydrogen-bond acceptors (Lipinski definition) is 3. The maximum atomic E-state index is 5.52. The van der Waals surface area contributed by atoms with Gasteiger partial charge in [0.1, 0.15) is 5.76 Å². The van der Waals surface area contributed by atoms with Crippen LogP contribution in [0.2, 0.25) is 0 Å². The Kier molecular flexibility index (Phi) is 4.24. The van der Waals surface area contributed by atoms with Gasteiger partial charge in [-0.3, -0.25) is 4.68 Å². The van der Waals surface area contributed by atoms with Gasteiger partial charge in [-0.25, -0.2) is 0 Å². The van der Waals surface area contributed by atoms with Crippen LogP contribution in [0.3, 0.4) is 0 Å². The normalized spacial score (nSPS) is 12.9. The third-order valence-corrected chi connectivity index (χ3v) is 3.72. The van der Waals surface area contributed by atoms with Crippen molar-refractivity contribution in [2.75, 3.05) is 7.05 Å². The summed E-state index contributed by atoms with van der Waals surface area (Å²) in [5.74, 6) is 1.02. The quantitative estimate of drug-likeness (QED) is 0.922. The Bertz CT molecular complexity index is 518. The maximum absolute atomic E-state index is 5.52. The average Bonchev–Trinajstić information content (AvgIpc) is 2.98. The Labute approximate surface area is 115 Å². The average molecular weight is 312 g/mol. The molecule has 1 N–H and O–H groups in total. The van der Waals surface area contributed by atoms with E-state index in [1.807, 2.05) is 24.0 Å². The van der Waals surface area contributed by atoms with Gasteiger partial charge in [0, 0.05) is 18.5 Å². The van der Waals surface area contributed by atoms with Gasteiger partial charge in [0.25, 0.3) is 0 Å². The van der Waals surface area contributed by atoms with E-state index in [-0.39, 0.29) is 6.04 Å². The molecule has 0 amide bonds. The summed E-state index contributed by atoms with van der Waals surface area (Å²) in [5.41, 5.74) is 2.31. The number of hydrogen-bond donors (Lipinski definition) is 1. The Morgan fingerprint density at radius 1 is 1.50 bits per heavy atom. The first-order valence-electron chi connectivity index (χ1n) is 6.17. The number of halogens is 1. The van der Waals surface area contributed by atoms with Gasteiger partial charge in [-0.1, -0.05) is 6.92 Å². The molecule has 5 heteroatoms. The van der Waals surface area contributed by atoms with E-state index in [1.165, 1.54) is 5.56 Å². The smallest absolute Gasteiger partial charge is 0.108 e. The van der Waals surface area contributed by atoms with E-state index in [0.29, 0.717) is 0 Å². The molecule has 0 spiro atoms. The zero-order valence-electron chi connectivity index (χ0n) is 10.9. The van der Waals surface area contributed by atoms with Crippen molar-refractivity contribution in [3.8, 4) is 0 Å². The predicted molar refractivity (Wildman–Crippen MR) is 74.6 cm³/mol. The molecule has 2 aromatic rings. The summed E-state index contributed by atoms with van der Waals surface area (Å²) in [6.07, 6.45) is 4.48. The molecule has 98 valence electrons. The number of rotatable bonds is 5. The van der Waals surface area contributed by atoms with E-state index in [4.69, 9.17) is 4.42 Å². The van der Waals surface area contributed by atoms with Crippen LogP contribution in [0.4, 0.5) is 0 Å². The van der Waals surface area contributed by atoms with Crippen LogP contribution in [0.25, 0.3) is 0 Å². The monoisotopic (exact) mass is 311 g/mol. The van der Waals surface area contributed by atoms with Crippen molar-refractivity contribution in [3.63, 3.8) is 0 Å². The Balaban J connectivity index is 2.48. The molecule has 18 heavy (non-hydrogen) atoms. The number of nitrogens with one attached hydrogen (secondary N) is 1. The lowest BCUT2D eigenvalue weighted by molar-refractivity contribution is 0.497. The number of aryl methyl sites for hydroxylation is 2. The molecule has 0 aromatic carbocycles. The van der Waals surface area contributed by atoms with E-state index in [9.17, 15) is 0 Å². The largest absolute Gasteiger partial charge is 0.469 e. The van der Waals surface area contributed by atoms with E-state index >= 15 is 0 Å². The van der Waals surface area contributed by atoms with Crippen LogP contribution in [0.1, 0.15) is 36.9 Å². The molecule has 4 nitrogen and oxygen atoms in total. The number of furan rings is 1. The second-order valence-electron chi connectivity index (χ2n) is 4.07. The zero-order chi connectivity index (χ0) is 13.1. The van der Waals surface area contributed by atoms with Crippen molar-refractivity contribution in [1.82, 2.24) is 15.1 Å². The van der Waals surface area contributed by atoms with Crippen molar-refractivity contribution in [2.24, 2.45) is 0 Å². The van der Waals surface area contributed by atoms with Gasteiger partial charge in [0.15, 0.2) is 0 Å². The summed E-state index contributed by atoms with van der Waals surface area (Å²) in [6.45, 7) is 5.03. The fraction of sp³-hybridized carbons (Fsp3) is 0.462. The molecule has 2 heterocycles. The summed E-state index contributed by atoms with van der Waals surface area (Å²) >= 11 is 3.58. The lowest BCUT2D eigenvalue weighted by atomic mass is 10.0. The van der Waals surface area contributed by atoms with Gasteiger partial charge in [0.2, 0.25) is 0 Å². The van der Waals surface area contributed by atoms with Crippen LogP contribution in [0.5, 0.6) is 0 Å². The molecule has 0 aliphatic rings. The van der Waals surface area contributed by atoms with Gasteiger partial charge in [-0.15, -0.1) is 0 Å². The van der Waals surface area contributed by atoms with Gasteiger partial charge in [-0.05, 0) is 36.0 Å². The zero-order valence-corrected chi connectivity index (χ0v) is 12.5. The van der Waals surface area contributed by atoms with Crippen LogP contribution in [0.15, 0.2) is 27.4 Å². The lowest BCUT2D eigenvalue weighted by Crippen LogP contribution is -2.22. The Morgan fingerprint density at radius 3 is 2.89 bits per heavy atom. The van der Waals surface area contributed by atoms with Crippen LogP contribution < -0.4 is 5.32 Å². The highest BCUT2D eigenvalue weighted by Crippen LogP contribution is 2.31. The molecule has 0 saturated carbocycles. The molecule has 0 aliphatic carbocycles. The third kappa shape index (κ3) is 2.24. The first-order chi connectivity index (χ1) is 8.72. The maximum Gasteiger partial charge on any atom is 0.108 e. The van der Waals surface area contributed by atoms with Crippen molar-refractivity contribution in [2.45, 2.75) is 32.9 Å². The third-order valence-electron chi connectivity index (χ3n) is 3.11. The van der Waals surface area contributed by atoms with Gasteiger partial charge >= 0.3 is 0 Å². The van der Waals surface area contributed by atoms with Gasteiger partial charge in [0.05, 0.1) is 28.7 Å². The second kappa shape index (κ2) is 5.71. The second-order valence-corrected chi connectivity index (χ2v) is 4.92. The fourth-order valence-electron chi connectivity index (χ4n) is 2.25. The highest BCUT2D eigenvalue weighted by Gasteiger charge is 2.23. The molecular formula is C13H18BrN3O. The van der Waals surface area contributed by atoms with Crippen molar-refractivity contribution in [1.29, 1.82) is 0 Å². The summed E-state index contributed by atoms with van der Waals surface area (Å²) in [7, 11) is 1.95. The van der Waals surface area contributed by atoms with E-state index < -0.39 is 0 Å². The van der Waals surface area contributed by atoms with Crippen LogP contribution in [-0.4, -0.2) is 16.8 Å². The fourth-order valence-corrected chi connectivity index (χ4v) is 2.77. The summed E-state index contributed by atoms with van der Waals surface area (Å²) in [5, 5.41) is 7.71. The van der Waals surface area contributed by atoms with Crippen LogP contribution in [-0.2, 0) is 13.0 Å². The van der Waals surface area contributed by atoms with Gasteiger partial charge in [-0.2, -0.15) is 5.10 Å². The van der Waals surface area contributed by atoms with Crippen LogP contribution in [0, 0.1) is 0 Å². The topological polar surface area (TPSA) is 43.0 Å². The minimum Gasteiger partial charge on any atom is -0.469 e. The van der Waals surface area contributed by atoms with Crippen molar-refractivity contribution in [3.05, 3.63) is 40.0 Å². The van der Waals surface area contributed by atoms with E-state index in [1.54, 1.807) is 6.26 Å². The minimum absolute atomic E-state index is 0.0931. The SMILES string of the molecule is CCc1occc1C(NC)c1c(Br)cnn1CC. The molecule has 0 saturated heterocycles. The molecule has 1 unspecified atom stereocenters. The Hall–Kier alpha value is -1.07. The highest BCUT2D eigenvalue weighted by molar-refractivity contribution is 9.10. The summed E-state index contributed by atoms with van der Waals surface area (Å²) in [4.78, 5) is 0. The molecule has 0 radical (unpaired) electrons. The minimum atomic E-state index is 0.0931. The number of aromatic nitrogens is 2. The van der Waals surface area contributed by atoms with E-state index in [0.717, 1.165) is 28.9 Å². The molecule has 0 fully saturated rings. The first kappa shape index (κ1) is 13.4. The predicted octanol–water partition coefficient (Wildman–Crippen LogP) is 3.13. The molecular weight excluding hydrogens is 294 g/mol.